The van der Waals surface area contributed by atoms with Crippen LogP contribution in [0.25, 0.3) is 0 Å². The third-order valence-corrected chi connectivity index (χ3v) is 3.03. The molecule has 0 saturated heterocycles. The molecule has 0 fully saturated rings. The van der Waals surface area contributed by atoms with E-state index in [1.807, 2.05) is 34.6 Å². The van der Waals surface area contributed by atoms with Gasteiger partial charge in [0.2, 0.25) is 5.91 Å². The van der Waals surface area contributed by atoms with Crippen molar-refractivity contribution in [3.8, 4) is 11.5 Å². The molecule has 0 heterocycles. The number of rotatable bonds is 7. The van der Waals surface area contributed by atoms with Gasteiger partial charge in [0.15, 0.2) is 11.5 Å². The zero-order valence-corrected chi connectivity index (χ0v) is 15.4. The summed E-state index contributed by atoms with van der Waals surface area (Å²) in [4.78, 5) is 25.9. The largest absolute Gasteiger partial charge is 0.490 e. The molecule has 6 heteroatoms. The lowest BCUT2D eigenvalue weighted by Crippen LogP contribution is -2.46. The van der Waals surface area contributed by atoms with Gasteiger partial charge in [0.1, 0.15) is 0 Å². The Hall–Kier alpha value is -2.24. The molecule has 0 bridgehead atoms. The van der Waals surface area contributed by atoms with Gasteiger partial charge in [-0.1, -0.05) is 0 Å². The summed E-state index contributed by atoms with van der Waals surface area (Å²) in [6.07, 6.45) is 0. The first kappa shape index (κ1) is 19.8. The van der Waals surface area contributed by atoms with Crippen molar-refractivity contribution in [1.82, 2.24) is 10.2 Å². The van der Waals surface area contributed by atoms with Crippen LogP contribution in [0.2, 0.25) is 0 Å². The molecule has 134 valence electrons. The maximum absolute atomic E-state index is 12.5. The number of nitrogens with zero attached hydrogens (tertiary/aromatic N) is 1. The summed E-state index contributed by atoms with van der Waals surface area (Å²) in [5.41, 5.74) is 0.121. The standard InChI is InChI=1S/C18H28N2O4/c1-7-23-14-10-9-13(11-15(14)24-8-2)17(22)20(6)12-16(21)19-18(3,4)5/h9-11H,7-8,12H2,1-6H3,(H,19,21). The lowest BCUT2D eigenvalue weighted by Gasteiger charge is -2.23. The van der Waals surface area contributed by atoms with Gasteiger partial charge in [-0.15, -0.1) is 0 Å². The van der Waals surface area contributed by atoms with Crippen molar-refractivity contribution in [2.45, 2.75) is 40.2 Å². The van der Waals surface area contributed by atoms with E-state index in [9.17, 15) is 9.59 Å². The van der Waals surface area contributed by atoms with Crippen molar-refractivity contribution < 1.29 is 19.1 Å². The zero-order chi connectivity index (χ0) is 18.3. The Kier molecular flexibility index (Phi) is 7.07. The third-order valence-electron chi connectivity index (χ3n) is 3.03. The van der Waals surface area contributed by atoms with Crippen LogP contribution in [0, 0.1) is 0 Å². The Morgan fingerprint density at radius 2 is 1.67 bits per heavy atom. The Labute approximate surface area is 144 Å². The number of likely N-dealkylation sites (N-methyl/N-ethyl adjacent to an activating group) is 1. The Morgan fingerprint density at radius 1 is 1.08 bits per heavy atom. The Morgan fingerprint density at radius 3 is 2.21 bits per heavy atom. The van der Waals surface area contributed by atoms with Crippen LogP contribution in [-0.2, 0) is 4.79 Å². The fourth-order valence-corrected chi connectivity index (χ4v) is 2.15. The minimum atomic E-state index is -0.331. The van der Waals surface area contributed by atoms with Crippen LogP contribution in [0.1, 0.15) is 45.0 Å². The van der Waals surface area contributed by atoms with Crippen LogP contribution in [0.15, 0.2) is 18.2 Å². The molecule has 0 unspecified atom stereocenters. The Balaban J connectivity index is 2.86. The van der Waals surface area contributed by atoms with Crippen LogP contribution in [0.5, 0.6) is 11.5 Å². The second kappa shape index (κ2) is 8.57. The average molecular weight is 336 g/mol. The van der Waals surface area contributed by atoms with E-state index < -0.39 is 0 Å². The van der Waals surface area contributed by atoms with E-state index in [2.05, 4.69) is 5.32 Å². The molecule has 0 aliphatic carbocycles. The fraction of sp³-hybridized carbons (Fsp3) is 0.556. The van der Waals surface area contributed by atoms with Gasteiger partial charge in [-0.05, 0) is 52.8 Å². The van der Waals surface area contributed by atoms with Crippen LogP contribution >= 0.6 is 0 Å². The number of hydrogen-bond donors (Lipinski definition) is 1. The number of carbonyl (C=O) groups excluding carboxylic acids is 2. The highest BCUT2D eigenvalue weighted by atomic mass is 16.5. The molecule has 1 rings (SSSR count). The van der Waals surface area contributed by atoms with E-state index in [1.165, 1.54) is 4.90 Å². The molecule has 0 atom stereocenters. The number of hydrogen-bond acceptors (Lipinski definition) is 4. The number of benzene rings is 1. The minimum Gasteiger partial charge on any atom is -0.490 e. The summed E-state index contributed by atoms with van der Waals surface area (Å²) >= 11 is 0. The third kappa shape index (κ3) is 6.10. The van der Waals surface area contributed by atoms with E-state index in [0.29, 0.717) is 30.3 Å². The number of ether oxygens (including phenoxy) is 2. The number of nitrogens with one attached hydrogen (secondary N) is 1. The first-order valence-electron chi connectivity index (χ1n) is 8.14. The van der Waals surface area contributed by atoms with Crippen LogP contribution in [0.4, 0.5) is 0 Å². The van der Waals surface area contributed by atoms with Crippen molar-refractivity contribution in [3.63, 3.8) is 0 Å². The van der Waals surface area contributed by atoms with Crippen molar-refractivity contribution in [1.29, 1.82) is 0 Å². The monoisotopic (exact) mass is 336 g/mol. The fourth-order valence-electron chi connectivity index (χ4n) is 2.15. The summed E-state index contributed by atoms with van der Waals surface area (Å²) in [6, 6.07) is 5.04. The van der Waals surface area contributed by atoms with Crippen molar-refractivity contribution in [2.75, 3.05) is 26.8 Å². The van der Waals surface area contributed by atoms with Gasteiger partial charge in [0.05, 0.1) is 19.8 Å². The molecule has 1 aromatic rings. The summed E-state index contributed by atoms with van der Waals surface area (Å²) in [5, 5.41) is 2.84. The summed E-state index contributed by atoms with van der Waals surface area (Å²) in [6.45, 7) is 10.4. The van der Waals surface area contributed by atoms with Gasteiger partial charge in [-0.2, -0.15) is 0 Å². The molecular formula is C18H28N2O4. The number of carbonyl (C=O) groups is 2. The zero-order valence-electron chi connectivity index (χ0n) is 15.4. The highest BCUT2D eigenvalue weighted by Gasteiger charge is 2.20. The molecule has 2 amide bonds. The molecule has 0 spiro atoms. The minimum absolute atomic E-state index is 0.00666. The van der Waals surface area contributed by atoms with E-state index in [4.69, 9.17) is 9.47 Å². The van der Waals surface area contributed by atoms with Crippen molar-refractivity contribution >= 4 is 11.8 Å². The molecule has 0 radical (unpaired) electrons. The highest BCUT2D eigenvalue weighted by Crippen LogP contribution is 2.28. The lowest BCUT2D eigenvalue weighted by molar-refractivity contribution is -0.122. The Bertz CT molecular complexity index is 579. The average Bonchev–Trinajstić information content (AvgIpc) is 2.46. The van der Waals surface area contributed by atoms with Crippen LogP contribution in [-0.4, -0.2) is 49.1 Å². The molecule has 1 aromatic carbocycles. The van der Waals surface area contributed by atoms with Gasteiger partial charge in [-0.3, -0.25) is 9.59 Å². The van der Waals surface area contributed by atoms with E-state index in [-0.39, 0.29) is 23.9 Å². The summed E-state index contributed by atoms with van der Waals surface area (Å²) in [5.74, 6) is 0.680. The molecule has 6 nitrogen and oxygen atoms in total. The maximum atomic E-state index is 12.5. The predicted octanol–water partition coefficient (Wildman–Crippen LogP) is 2.47. The van der Waals surface area contributed by atoms with Gasteiger partial charge >= 0.3 is 0 Å². The first-order valence-corrected chi connectivity index (χ1v) is 8.14. The van der Waals surface area contributed by atoms with Gasteiger partial charge in [-0.25, -0.2) is 0 Å². The topological polar surface area (TPSA) is 67.9 Å². The molecule has 0 aromatic heterocycles. The van der Waals surface area contributed by atoms with Gasteiger partial charge < -0.3 is 19.7 Å². The second-order valence-electron chi connectivity index (χ2n) is 6.49. The second-order valence-corrected chi connectivity index (χ2v) is 6.49. The highest BCUT2D eigenvalue weighted by molar-refractivity contribution is 5.97. The quantitative estimate of drug-likeness (QED) is 0.830. The lowest BCUT2D eigenvalue weighted by atomic mass is 10.1. The van der Waals surface area contributed by atoms with Gasteiger partial charge in [0.25, 0.3) is 5.91 Å². The van der Waals surface area contributed by atoms with E-state index in [0.717, 1.165) is 0 Å². The normalized spacial score (nSPS) is 10.9. The van der Waals surface area contributed by atoms with Crippen molar-refractivity contribution in [3.05, 3.63) is 23.8 Å². The van der Waals surface area contributed by atoms with E-state index >= 15 is 0 Å². The van der Waals surface area contributed by atoms with Crippen molar-refractivity contribution in [2.24, 2.45) is 0 Å². The number of amides is 2. The van der Waals surface area contributed by atoms with Gasteiger partial charge in [0, 0.05) is 18.2 Å². The summed E-state index contributed by atoms with van der Waals surface area (Å²) in [7, 11) is 1.60. The predicted molar refractivity (Wildman–Crippen MR) is 93.6 cm³/mol. The van der Waals surface area contributed by atoms with Crippen LogP contribution < -0.4 is 14.8 Å². The molecule has 0 aliphatic rings. The molecule has 24 heavy (non-hydrogen) atoms. The SMILES string of the molecule is CCOc1ccc(C(=O)N(C)CC(=O)NC(C)(C)C)cc1OCC. The summed E-state index contributed by atoms with van der Waals surface area (Å²) < 4.78 is 11.0. The molecule has 0 saturated carbocycles. The molecular weight excluding hydrogens is 308 g/mol. The van der Waals surface area contributed by atoms with E-state index in [1.54, 1.807) is 25.2 Å². The molecule has 1 N–H and O–H groups in total. The first-order chi connectivity index (χ1) is 11.2. The smallest absolute Gasteiger partial charge is 0.254 e. The molecule has 0 aliphatic heterocycles. The van der Waals surface area contributed by atoms with Crippen LogP contribution in [0.3, 0.4) is 0 Å². The maximum Gasteiger partial charge on any atom is 0.254 e.